The number of hydrogen-bond donors (Lipinski definition) is 5. The van der Waals surface area contributed by atoms with Crippen molar-refractivity contribution >= 4 is 0 Å². The van der Waals surface area contributed by atoms with Crippen molar-refractivity contribution in [3.05, 3.63) is 0 Å². The van der Waals surface area contributed by atoms with Crippen LogP contribution in [0.1, 0.15) is 27.2 Å². The molecule has 2 heterocycles. The summed E-state index contributed by atoms with van der Waals surface area (Å²) in [6, 6.07) is 0. The smallest absolute Gasteiger partial charge is 0.160 e. The van der Waals surface area contributed by atoms with Crippen LogP contribution >= 0.6 is 0 Å². The summed E-state index contributed by atoms with van der Waals surface area (Å²) in [5, 5.41) is 39.2. The average molecular weight is 321 g/mol. The zero-order chi connectivity index (χ0) is 16.7. The lowest BCUT2D eigenvalue weighted by atomic mass is 9.86. The minimum Gasteiger partial charge on any atom is -0.394 e. The molecule has 6 N–H and O–H groups in total. The molecule has 0 aliphatic carbocycles. The molecular weight excluding hydrogens is 294 g/mol. The fraction of sp³-hybridized carbons (Fsp3) is 1.00. The molecule has 2 aliphatic heterocycles. The molecule has 2 fully saturated rings. The summed E-state index contributed by atoms with van der Waals surface area (Å²) in [4.78, 5) is 0. The molecule has 0 spiro atoms. The van der Waals surface area contributed by atoms with E-state index >= 15 is 0 Å². The predicted molar refractivity (Wildman–Crippen MR) is 75.9 cm³/mol. The average Bonchev–Trinajstić information content (AvgIpc) is 2.44. The van der Waals surface area contributed by atoms with E-state index in [0.29, 0.717) is 0 Å². The fourth-order valence-corrected chi connectivity index (χ4v) is 3.10. The Hall–Kier alpha value is -0.320. The number of rotatable bonds is 3. The maximum Gasteiger partial charge on any atom is 0.160 e. The second-order valence-corrected chi connectivity index (χ2v) is 6.57. The highest BCUT2D eigenvalue weighted by Crippen LogP contribution is 2.31. The normalized spacial score (nSPS) is 53.5. The van der Waals surface area contributed by atoms with Crippen LogP contribution < -0.4 is 5.73 Å². The van der Waals surface area contributed by atoms with Gasteiger partial charge in [-0.2, -0.15) is 0 Å². The first-order chi connectivity index (χ1) is 10.2. The van der Waals surface area contributed by atoms with Crippen LogP contribution in [0.4, 0.5) is 0 Å². The summed E-state index contributed by atoms with van der Waals surface area (Å²) >= 11 is 0. The van der Waals surface area contributed by atoms with Gasteiger partial charge in [0, 0.05) is 12.0 Å². The van der Waals surface area contributed by atoms with E-state index in [9.17, 15) is 15.3 Å². The van der Waals surface area contributed by atoms with Gasteiger partial charge in [0.15, 0.2) is 6.29 Å². The third-order valence-electron chi connectivity index (χ3n) is 4.50. The van der Waals surface area contributed by atoms with E-state index in [-0.39, 0.29) is 13.0 Å². The Bertz CT molecular complexity index is 380. The van der Waals surface area contributed by atoms with Gasteiger partial charge in [-0.25, -0.2) is 0 Å². The molecule has 0 aromatic carbocycles. The Kier molecular flexibility index (Phi) is 5.46. The second kappa shape index (κ2) is 6.66. The zero-order valence-electron chi connectivity index (χ0n) is 13.1. The number of ether oxygens (including phenoxy) is 3. The van der Waals surface area contributed by atoms with Gasteiger partial charge in [0.2, 0.25) is 0 Å². The summed E-state index contributed by atoms with van der Waals surface area (Å²) in [7, 11) is 0. The summed E-state index contributed by atoms with van der Waals surface area (Å²) in [6.07, 6.45) is -6.48. The van der Waals surface area contributed by atoms with Crippen molar-refractivity contribution < 1.29 is 34.6 Å². The molecule has 2 rings (SSSR count). The molecule has 0 amide bonds. The van der Waals surface area contributed by atoms with Gasteiger partial charge in [-0.15, -0.1) is 0 Å². The van der Waals surface area contributed by atoms with Crippen LogP contribution in [0.15, 0.2) is 0 Å². The molecule has 8 heteroatoms. The fourth-order valence-electron chi connectivity index (χ4n) is 3.10. The lowest BCUT2D eigenvalue weighted by Gasteiger charge is -2.46. The minimum atomic E-state index is -1.25. The molecule has 0 aromatic rings. The lowest BCUT2D eigenvalue weighted by molar-refractivity contribution is -0.304. The molecule has 2 aliphatic rings. The Morgan fingerprint density at radius 2 is 1.77 bits per heavy atom. The molecule has 0 radical (unpaired) electrons. The highest BCUT2D eigenvalue weighted by Gasteiger charge is 2.47. The van der Waals surface area contributed by atoms with Gasteiger partial charge >= 0.3 is 0 Å². The number of aliphatic hydroxyl groups is 4. The van der Waals surface area contributed by atoms with Gasteiger partial charge in [-0.05, 0) is 20.8 Å². The summed E-state index contributed by atoms with van der Waals surface area (Å²) in [5.41, 5.74) is 5.18. The van der Waals surface area contributed by atoms with Gasteiger partial charge < -0.3 is 40.4 Å². The molecule has 0 aromatic heterocycles. The summed E-state index contributed by atoms with van der Waals surface area (Å²) in [5.74, 6) is 0. The van der Waals surface area contributed by atoms with Crippen LogP contribution in [-0.4, -0.2) is 81.6 Å². The maximum atomic E-state index is 10.2. The molecule has 0 bridgehead atoms. The van der Waals surface area contributed by atoms with Crippen LogP contribution in [-0.2, 0) is 14.2 Å². The highest BCUT2D eigenvalue weighted by molar-refractivity contribution is 4.96. The van der Waals surface area contributed by atoms with E-state index < -0.39 is 54.6 Å². The predicted octanol–water partition coefficient (Wildman–Crippen LogP) is -1.91. The summed E-state index contributed by atoms with van der Waals surface area (Å²) < 4.78 is 16.8. The Morgan fingerprint density at radius 1 is 1.14 bits per heavy atom. The molecule has 8 nitrogen and oxygen atoms in total. The molecule has 2 unspecified atom stereocenters. The molecule has 22 heavy (non-hydrogen) atoms. The summed E-state index contributed by atoms with van der Waals surface area (Å²) in [6.45, 7) is 4.70. The SMILES string of the molecule is CC1O[C@H](CO)[C@@H](O)C(O)[C@H]1O[C@H]1C[C@](C)(N)[C@H](O)[C@H](C)O1. The monoisotopic (exact) mass is 321 g/mol. The number of hydrogen-bond acceptors (Lipinski definition) is 8. The molecule has 130 valence electrons. The van der Waals surface area contributed by atoms with E-state index in [2.05, 4.69) is 0 Å². The van der Waals surface area contributed by atoms with Gasteiger partial charge in [0.25, 0.3) is 0 Å². The van der Waals surface area contributed by atoms with E-state index in [0.717, 1.165) is 0 Å². The third-order valence-corrected chi connectivity index (χ3v) is 4.50. The number of aliphatic hydroxyl groups excluding tert-OH is 4. The van der Waals surface area contributed by atoms with Crippen molar-refractivity contribution in [2.24, 2.45) is 5.73 Å². The first-order valence-corrected chi connectivity index (χ1v) is 7.57. The van der Waals surface area contributed by atoms with Crippen molar-refractivity contribution in [1.82, 2.24) is 0 Å². The van der Waals surface area contributed by atoms with E-state index in [1.54, 1.807) is 20.8 Å². The maximum absolute atomic E-state index is 10.2. The van der Waals surface area contributed by atoms with Crippen molar-refractivity contribution in [1.29, 1.82) is 0 Å². The highest BCUT2D eigenvalue weighted by atomic mass is 16.7. The Balaban J connectivity index is 2.04. The van der Waals surface area contributed by atoms with Crippen molar-refractivity contribution in [2.75, 3.05) is 6.61 Å². The first kappa shape index (κ1) is 18.0. The Labute approximate surface area is 129 Å². The first-order valence-electron chi connectivity index (χ1n) is 7.57. The van der Waals surface area contributed by atoms with E-state index in [1.165, 1.54) is 0 Å². The standard InChI is InChI=1S/C14H27NO7/c1-6-12(11(18)10(17)8(5-16)20-6)22-9-4-14(3,15)13(19)7(2)21-9/h6-13,16-19H,4-5,15H2,1-3H3/t6?,7-,8+,9-,10+,11?,12-,13+,14-/m0/s1. The van der Waals surface area contributed by atoms with Crippen molar-refractivity contribution in [3.63, 3.8) is 0 Å². The minimum absolute atomic E-state index is 0.244. The quantitative estimate of drug-likeness (QED) is 0.406. The van der Waals surface area contributed by atoms with Crippen LogP contribution in [0.2, 0.25) is 0 Å². The number of nitrogens with two attached hydrogens (primary N) is 1. The second-order valence-electron chi connectivity index (χ2n) is 6.57. The Morgan fingerprint density at radius 3 is 2.32 bits per heavy atom. The topological polar surface area (TPSA) is 135 Å². The van der Waals surface area contributed by atoms with Crippen molar-refractivity contribution in [2.45, 2.75) is 81.7 Å². The lowest BCUT2D eigenvalue weighted by Crippen LogP contribution is -2.63. The van der Waals surface area contributed by atoms with Crippen LogP contribution in [0.5, 0.6) is 0 Å². The van der Waals surface area contributed by atoms with E-state index in [4.69, 9.17) is 25.1 Å². The molecule has 2 saturated heterocycles. The van der Waals surface area contributed by atoms with Crippen molar-refractivity contribution in [3.8, 4) is 0 Å². The van der Waals surface area contributed by atoms with Crippen LogP contribution in [0.3, 0.4) is 0 Å². The third kappa shape index (κ3) is 3.44. The van der Waals surface area contributed by atoms with Gasteiger partial charge in [-0.1, -0.05) is 0 Å². The van der Waals surface area contributed by atoms with Gasteiger partial charge in [-0.3, -0.25) is 0 Å². The van der Waals surface area contributed by atoms with Gasteiger partial charge in [0.1, 0.15) is 24.4 Å². The zero-order valence-corrected chi connectivity index (χ0v) is 13.1. The van der Waals surface area contributed by atoms with E-state index in [1.807, 2.05) is 0 Å². The molecule has 0 saturated carbocycles. The molecule has 9 atom stereocenters. The van der Waals surface area contributed by atoms with Crippen LogP contribution in [0.25, 0.3) is 0 Å². The molecular formula is C14H27NO7. The largest absolute Gasteiger partial charge is 0.394 e. The van der Waals surface area contributed by atoms with Crippen LogP contribution in [0, 0.1) is 0 Å². The van der Waals surface area contributed by atoms with Gasteiger partial charge in [0.05, 0.1) is 24.9 Å².